The summed E-state index contributed by atoms with van der Waals surface area (Å²) < 4.78 is 0. The van der Waals surface area contributed by atoms with Gasteiger partial charge in [0.15, 0.2) is 0 Å². The molecule has 0 aromatic carbocycles. The van der Waals surface area contributed by atoms with E-state index in [1.165, 1.54) is 45.1 Å². The number of aliphatic hydroxyl groups is 1. The molecule has 2 nitrogen and oxygen atoms in total. The van der Waals surface area contributed by atoms with E-state index in [4.69, 9.17) is 0 Å². The van der Waals surface area contributed by atoms with Crippen LogP contribution in [0.4, 0.5) is 0 Å². The van der Waals surface area contributed by atoms with Crippen molar-refractivity contribution in [2.75, 3.05) is 19.7 Å². The second-order valence-corrected chi connectivity index (χ2v) is 8.20. The van der Waals surface area contributed by atoms with Gasteiger partial charge in [0.2, 0.25) is 0 Å². The Balaban J connectivity index is 1.48. The maximum atomic E-state index is 9.38. The van der Waals surface area contributed by atoms with E-state index < -0.39 is 0 Å². The maximum absolute atomic E-state index is 9.38. The lowest BCUT2D eigenvalue weighted by atomic mass is 9.49. The Labute approximate surface area is 117 Å². The summed E-state index contributed by atoms with van der Waals surface area (Å²) in [6.45, 7) is 2.58. The van der Waals surface area contributed by atoms with Crippen molar-refractivity contribution in [3.8, 4) is 0 Å². The SMILES string of the molecule is OCCN(CC12CC3CC(CC(C3)C1)C2)C1CCC1. The van der Waals surface area contributed by atoms with Crippen LogP contribution in [0.1, 0.15) is 57.8 Å². The van der Waals surface area contributed by atoms with E-state index >= 15 is 0 Å². The summed E-state index contributed by atoms with van der Waals surface area (Å²) in [5, 5.41) is 9.38. The lowest BCUT2D eigenvalue weighted by Gasteiger charge is -2.58. The molecule has 0 radical (unpaired) electrons. The van der Waals surface area contributed by atoms with Crippen LogP contribution >= 0.6 is 0 Å². The highest BCUT2D eigenvalue weighted by molar-refractivity contribution is 5.03. The lowest BCUT2D eigenvalue weighted by Crippen LogP contribution is -2.54. The van der Waals surface area contributed by atoms with E-state index in [1.807, 2.05) is 0 Å². The standard InChI is InChI=1S/C17H29NO/c19-5-4-18(16-2-1-3-16)12-17-9-13-6-14(10-17)8-15(7-13)11-17/h13-16,19H,1-12H2. The summed E-state index contributed by atoms with van der Waals surface area (Å²) in [7, 11) is 0. The van der Waals surface area contributed by atoms with Crippen LogP contribution in [-0.4, -0.2) is 35.7 Å². The molecule has 0 unspecified atom stereocenters. The highest BCUT2D eigenvalue weighted by Gasteiger charge is 2.51. The second kappa shape index (κ2) is 4.73. The van der Waals surface area contributed by atoms with Gasteiger partial charge in [-0.15, -0.1) is 0 Å². The fraction of sp³-hybridized carbons (Fsp3) is 1.00. The zero-order chi connectivity index (χ0) is 12.9. The molecule has 1 N–H and O–H groups in total. The van der Waals surface area contributed by atoms with Crippen molar-refractivity contribution in [2.24, 2.45) is 23.2 Å². The topological polar surface area (TPSA) is 23.5 Å². The second-order valence-electron chi connectivity index (χ2n) is 8.20. The van der Waals surface area contributed by atoms with Crippen LogP contribution in [0.3, 0.4) is 0 Å². The third-order valence-electron chi connectivity index (χ3n) is 6.68. The molecule has 0 spiro atoms. The van der Waals surface area contributed by atoms with Crippen molar-refractivity contribution >= 4 is 0 Å². The Bertz CT molecular complexity index is 301. The molecule has 5 aliphatic rings. The monoisotopic (exact) mass is 263 g/mol. The summed E-state index contributed by atoms with van der Waals surface area (Å²) in [5.41, 5.74) is 0.652. The molecule has 0 aliphatic heterocycles. The molecular formula is C17H29NO. The Morgan fingerprint density at radius 2 is 1.53 bits per heavy atom. The van der Waals surface area contributed by atoms with Gasteiger partial charge >= 0.3 is 0 Å². The Hall–Kier alpha value is -0.0800. The van der Waals surface area contributed by atoms with E-state index in [0.717, 1.165) is 30.3 Å². The maximum Gasteiger partial charge on any atom is 0.0558 e. The fourth-order valence-corrected chi connectivity index (χ4v) is 6.19. The number of hydrogen-bond donors (Lipinski definition) is 1. The smallest absolute Gasteiger partial charge is 0.0558 e. The molecule has 108 valence electrons. The highest BCUT2D eigenvalue weighted by atomic mass is 16.3. The molecule has 0 saturated heterocycles. The van der Waals surface area contributed by atoms with Crippen LogP contribution in [0.25, 0.3) is 0 Å². The van der Waals surface area contributed by atoms with Crippen molar-refractivity contribution in [3.05, 3.63) is 0 Å². The third kappa shape index (κ3) is 2.25. The number of nitrogens with zero attached hydrogens (tertiary/aromatic N) is 1. The molecule has 5 aliphatic carbocycles. The summed E-state index contributed by atoms with van der Waals surface area (Å²) in [5.74, 6) is 3.18. The first-order valence-electron chi connectivity index (χ1n) is 8.61. The number of rotatable bonds is 5. The van der Waals surface area contributed by atoms with Gasteiger partial charge in [-0.2, -0.15) is 0 Å². The van der Waals surface area contributed by atoms with E-state index in [2.05, 4.69) is 4.90 Å². The van der Waals surface area contributed by atoms with Gasteiger partial charge < -0.3 is 5.11 Å². The van der Waals surface area contributed by atoms with Gasteiger partial charge in [-0.25, -0.2) is 0 Å². The predicted octanol–water partition coefficient (Wildman–Crippen LogP) is 3.05. The van der Waals surface area contributed by atoms with Gasteiger partial charge in [-0.1, -0.05) is 6.42 Å². The Morgan fingerprint density at radius 3 is 1.95 bits per heavy atom. The minimum absolute atomic E-state index is 0.350. The van der Waals surface area contributed by atoms with Gasteiger partial charge in [0.05, 0.1) is 6.61 Å². The summed E-state index contributed by atoms with van der Waals surface area (Å²) in [6, 6.07) is 0.806. The fourth-order valence-electron chi connectivity index (χ4n) is 6.19. The van der Waals surface area contributed by atoms with Crippen molar-refractivity contribution in [2.45, 2.75) is 63.8 Å². The average molecular weight is 263 g/mol. The highest BCUT2D eigenvalue weighted by Crippen LogP contribution is 2.60. The van der Waals surface area contributed by atoms with Gasteiger partial charge in [0, 0.05) is 19.1 Å². The van der Waals surface area contributed by atoms with E-state index in [-0.39, 0.29) is 0 Å². The summed E-state index contributed by atoms with van der Waals surface area (Å²) in [4.78, 5) is 2.66. The molecule has 5 fully saturated rings. The normalized spacial score (nSPS) is 44.8. The molecule has 5 rings (SSSR count). The Morgan fingerprint density at radius 1 is 0.947 bits per heavy atom. The molecule has 0 aromatic heterocycles. The molecule has 5 saturated carbocycles. The molecule has 2 heteroatoms. The van der Waals surface area contributed by atoms with E-state index in [1.54, 1.807) is 19.3 Å². The van der Waals surface area contributed by atoms with Crippen LogP contribution in [0.2, 0.25) is 0 Å². The average Bonchev–Trinajstić information content (AvgIpc) is 2.23. The van der Waals surface area contributed by atoms with Crippen LogP contribution in [0, 0.1) is 23.2 Å². The molecule has 0 aromatic rings. The molecule has 0 amide bonds. The van der Waals surface area contributed by atoms with Gasteiger partial charge in [-0.05, 0) is 74.5 Å². The summed E-state index contributed by atoms with van der Waals surface area (Å²) in [6.07, 6.45) is 13.3. The van der Waals surface area contributed by atoms with Crippen molar-refractivity contribution in [1.82, 2.24) is 4.90 Å². The quantitative estimate of drug-likeness (QED) is 0.824. The van der Waals surface area contributed by atoms with Crippen molar-refractivity contribution in [1.29, 1.82) is 0 Å². The van der Waals surface area contributed by atoms with Gasteiger partial charge in [0.25, 0.3) is 0 Å². The molecule has 19 heavy (non-hydrogen) atoms. The van der Waals surface area contributed by atoms with Crippen molar-refractivity contribution < 1.29 is 5.11 Å². The first-order valence-corrected chi connectivity index (χ1v) is 8.61. The molecule has 4 bridgehead atoms. The lowest BCUT2D eigenvalue weighted by molar-refractivity contribution is -0.0807. The summed E-state index contributed by atoms with van der Waals surface area (Å²) >= 11 is 0. The van der Waals surface area contributed by atoms with Gasteiger partial charge in [0.1, 0.15) is 0 Å². The first-order chi connectivity index (χ1) is 9.26. The van der Waals surface area contributed by atoms with Crippen LogP contribution < -0.4 is 0 Å². The largest absolute Gasteiger partial charge is 0.395 e. The molecule has 0 atom stereocenters. The number of hydrogen-bond acceptors (Lipinski definition) is 2. The van der Waals surface area contributed by atoms with Gasteiger partial charge in [-0.3, -0.25) is 4.90 Å². The molecular weight excluding hydrogens is 234 g/mol. The van der Waals surface area contributed by atoms with Crippen LogP contribution in [-0.2, 0) is 0 Å². The first kappa shape index (κ1) is 12.6. The minimum atomic E-state index is 0.350. The molecule has 0 heterocycles. The number of aliphatic hydroxyl groups excluding tert-OH is 1. The van der Waals surface area contributed by atoms with Crippen LogP contribution in [0.15, 0.2) is 0 Å². The van der Waals surface area contributed by atoms with E-state index in [9.17, 15) is 5.11 Å². The van der Waals surface area contributed by atoms with Crippen LogP contribution in [0.5, 0.6) is 0 Å². The van der Waals surface area contributed by atoms with E-state index in [0.29, 0.717) is 12.0 Å². The third-order valence-corrected chi connectivity index (χ3v) is 6.68. The zero-order valence-corrected chi connectivity index (χ0v) is 12.2. The zero-order valence-electron chi connectivity index (χ0n) is 12.2. The Kier molecular flexibility index (Phi) is 3.15. The van der Waals surface area contributed by atoms with Crippen molar-refractivity contribution in [3.63, 3.8) is 0 Å². The predicted molar refractivity (Wildman–Crippen MR) is 76.9 cm³/mol. The minimum Gasteiger partial charge on any atom is -0.395 e.